The Hall–Kier alpha value is -0.0700. The van der Waals surface area contributed by atoms with Crippen LogP contribution in [0.3, 0.4) is 0 Å². The monoisotopic (exact) mass is 158 g/mol. The average molecular weight is 158 g/mol. The lowest BCUT2D eigenvalue weighted by atomic mass is 9.73. The summed E-state index contributed by atoms with van der Waals surface area (Å²) in [7, 11) is 0. The van der Waals surface area contributed by atoms with Gasteiger partial charge in [0.1, 0.15) is 6.17 Å². The maximum Gasteiger partial charge on any atom is 0.103 e. The summed E-state index contributed by atoms with van der Waals surface area (Å²) >= 11 is 0. The van der Waals surface area contributed by atoms with Gasteiger partial charge in [-0.3, -0.25) is 0 Å². The zero-order valence-corrected chi connectivity index (χ0v) is 7.81. The summed E-state index contributed by atoms with van der Waals surface area (Å²) in [5, 5.41) is 0. The molecule has 0 N–H and O–H groups in total. The first-order chi connectivity index (χ1) is 5.13. The van der Waals surface area contributed by atoms with E-state index in [0.717, 1.165) is 12.8 Å². The summed E-state index contributed by atoms with van der Waals surface area (Å²) in [5.41, 5.74) is 0. The van der Waals surface area contributed by atoms with Crippen LogP contribution in [0, 0.1) is 17.8 Å². The molecule has 11 heavy (non-hydrogen) atoms. The van der Waals surface area contributed by atoms with Gasteiger partial charge in [-0.1, -0.05) is 27.2 Å². The summed E-state index contributed by atoms with van der Waals surface area (Å²) in [5.74, 6) is 1.58. The van der Waals surface area contributed by atoms with Crippen LogP contribution < -0.4 is 0 Å². The molecule has 0 spiro atoms. The maximum absolute atomic E-state index is 13.2. The highest BCUT2D eigenvalue weighted by atomic mass is 19.1. The normalized spacial score (nSPS) is 39.5. The molecule has 0 aliphatic heterocycles. The van der Waals surface area contributed by atoms with Crippen molar-refractivity contribution < 1.29 is 4.39 Å². The topological polar surface area (TPSA) is 0 Å². The van der Waals surface area contributed by atoms with Crippen LogP contribution in [-0.4, -0.2) is 6.17 Å². The first kappa shape index (κ1) is 9.02. The quantitative estimate of drug-likeness (QED) is 0.548. The fourth-order valence-corrected chi connectivity index (χ4v) is 2.28. The molecule has 1 heteroatoms. The number of hydrogen-bond acceptors (Lipinski definition) is 0. The minimum atomic E-state index is -0.531. The van der Waals surface area contributed by atoms with Crippen molar-refractivity contribution in [2.24, 2.45) is 17.8 Å². The summed E-state index contributed by atoms with van der Waals surface area (Å²) in [6.45, 7) is 6.48. The van der Waals surface area contributed by atoms with E-state index in [1.165, 1.54) is 6.42 Å². The maximum atomic E-state index is 13.2. The van der Waals surface area contributed by atoms with Crippen LogP contribution in [0.15, 0.2) is 0 Å². The Balaban J connectivity index is 2.51. The number of alkyl halides is 1. The zero-order chi connectivity index (χ0) is 8.43. The molecule has 0 nitrogen and oxygen atoms in total. The van der Waals surface area contributed by atoms with Gasteiger partial charge in [-0.15, -0.1) is 0 Å². The molecule has 0 aromatic rings. The zero-order valence-electron chi connectivity index (χ0n) is 7.81. The molecule has 0 saturated heterocycles. The Morgan fingerprint density at radius 3 is 2.36 bits per heavy atom. The molecule has 1 fully saturated rings. The molecule has 1 rings (SSSR count). The van der Waals surface area contributed by atoms with Gasteiger partial charge in [0, 0.05) is 0 Å². The van der Waals surface area contributed by atoms with E-state index in [2.05, 4.69) is 20.8 Å². The minimum Gasteiger partial charge on any atom is -0.247 e. The van der Waals surface area contributed by atoms with Gasteiger partial charge in [-0.25, -0.2) is 4.39 Å². The molecular formula is C10H19F. The standard InChI is InChI=1S/C10H19F/c1-7(2)9-5-4-6-10(11)8(9)3/h7-10H,4-6H2,1-3H3/t8-,9+,10-/m1/s1. The fraction of sp³-hybridized carbons (Fsp3) is 1.00. The van der Waals surface area contributed by atoms with Gasteiger partial charge in [0.25, 0.3) is 0 Å². The third kappa shape index (κ3) is 1.94. The van der Waals surface area contributed by atoms with Crippen molar-refractivity contribution in [2.45, 2.75) is 46.2 Å². The van der Waals surface area contributed by atoms with E-state index in [0.29, 0.717) is 17.8 Å². The Kier molecular flexibility index (Phi) is 2.91. The largest absolute Gasteiger partial charge is 0.247 e. The van der Waals surface area contributed by atoms with E-state index in [4.69, 9.17) is 0 Å². The van der Waals surface area contributed by atoms with Crippen molar-refractivity contribution in [3.63, 3.8) is 0 Å². The minimum absolute atomic E-state index is 0.295. The van der Waals surface area contributed by atoms with Gasteiger partial charge >= 0.3 is 0 Å². The van der Waals surface area contributed by atoms with Gasteiger partial charge < -0.3 is 0 Å². The molecule has 0 radical (unpaired) electrons. The Morgan fingerprint density at radius 1 is 1.27 bits per heavy atom. The van der Waals surface area contributed by atoms with Gasteiger partial charge in [-0.2, -0.15) is 0 Å². The molecular weight excluding hydrogens is 139 g/mol. The van der Waals surface area contributed by atoms with Crippen LogP contribution in [0.4, 0.5) is 4.39 Å². The molecule has 66 valence electrons. The second-order valence-electron chi connectivity index (χ2n) is 4.21. The van der Waals surface area contributed by atoms with E-state index in [9.17, 15) is 4.39 Å². The molecule has 1 saturated carbocycles. The van der Waals surface area contributed by atoms with Crippen LogP contribution >= 0.6 is 0 Å². The molecule has 0 aromatic heterocycles. The first-order valence-electron chi connectivity index (χ1n) is 4.77. The summed E-state index contributed by atoms with van der Waals surface area (Å²) in [6.07, 6.45) is 2.59. The Labute approximate surface area is 69.2 Å². The highest BCUT2D eigenvalue weighted by Gasteiger charge is 2.31. The Bertz CT molecular complexity index is 120. The molecule has 3 atom stereocenters. The lowest BCUT2D eigenvalue weighted by molar-refractivity contribution is 0.0920. The van der Waals surface area contributed by atoms with Crippen molar-refractivity contribution in [3.05, 3.63) is 0 Å². The molecule has 0 bridgehead atoms. The van der Waals surface area contributed by atoms with Gasteiger partial charge in [0.15, 0.2) is 0 Å². The van der Waals surface area contributed by atoms with Crippen LogP contribution in [0.25, 0.3) is 0 Å². The lowest BCUT2D eigenvalue weighted by Gasteiger charge is -2.34. The van der Waals surface area contributed by atoms with Crippen LogP contribution in [0.5, 0.6) is 0 Å². The highest BCUT2D eigenvalue weighted by Crippen LogP contribution is 2.36. The van der Waals surface area contributed by atoms with Crippen LogP contribution in [0.1, 0.15) is 40.0 Å². The van der Waals surface area contributed by atoms with E-state index in [-0.39, 0.29) is 0 Å². The number of halogens is 1. The van der Waals surface area contributed by atoms with E-state index < -0.39 is 6.17 Å². The fourth-order valence-electron chi connectivity index (χ4n) is 2.28. The smallest absolute Gasteiger partial charge is 0.103 e. The second kappa shape index (κ2) is 3.55. The number of rotatable bonds is 1. The predicted octanol–water partition coefficient (Wildman–Crippen LogP) is 3.42. The van der Waals surface area contributed by atoms with Crippen LogP contribution in [-0.2, 0) is 0 Å². The summed E-state index contributed by atoms with van der Waals surface area (Å²) < 4.78 is 13.2. The van der Waals surface area contributed by atoms with Crippen LogP contribution in [0.2, 0.25) is 0 Å². The molecule has 0 heterocycles. The predicted molar refractivity (Wildman–Crippen MR) is 46.2 cm³/mol. The summed E-state index contributed by atoms with van der Waals surface area (Å²) in [4.78, 5) is 0. The van der Waals surface area contributed by atoms with Crippen molar-refractivity contribution >= 4 is 0 Å². The Morgan fingerprint density at radius 2 is 1.91 bits per heavy atom. The average Bonchev–Trinajstić information content (AvgIpc) is 1.94. The summed E-state index contributed by atoms with van der Waals surface area (Å²) in [6, 6.07) is 0. The van der Waals surface area contributed by atoms with Crippen molar-refractivity contribution in [1.82, 2.24) is 0 Å². The van der Waals surface area contributed by atoms with Gasteiger partial charge in [-0.05, 0) is 30.6 Å². The molecule has 1 aliphatic carbocycles. The molecule has 0 aromatic carbocycles. The second-order valence-corrected chi connectivity index (χ2v) is 4.21. The van der Waals surface area contributed by atoms with E-state index in [1.807, 2.05) is 0 Å². The molecule has 0 amide bonds. The van der Waals surface area contributed by atoms with Gasteiger partial charge in [0.2, 0.25) is 0 Å². The number of hydrogen-bond donors (Lipinski definition) is 0. The molecule has 1 aliphatic rings. The molecule has 0 unspecified atom stereocenters. The SMILES string of the molecule is CC(C)[C@@H]1CCC[C@@H](F)[C@@H]1C. The third-order valence-corrected chi connectivity index (χ3v) is 3.12. The van der Waals surface area contributed by atoms with Crippen molar-refractivity contribution in [2.75, 3.05) is 0 Å². The van der Waals surface area contributed by atoms with E-state index >= 15 is 0 Å². The van der Waals surface area contributed by atoms with Crippen molar-refractivity contribution in [3.8, 4) is 0 Å². The van der Waals surface area contributed by atoms with Crippen molar-refractivity contribution in [1.29, 1.82) is 0 Å². The first-order valence-corrected chi connectivity index (χ1v) is 4.77. The van der Waals surface area contributed by atoms with E-state index in [1.54, 1.807) is 0 Å². The lowest BCUT2D eigenvalue weighted by Crippen LogP contribution is -2.30. The third-order valence-electron chi connectivity index (χ3n) is 3.12. The van der Waals surface area contributed by atoms with Gasteiger partial charge in [0.05, 0.1) is 0 Å². The highest BCUT2D eigenvalue weighted by molar-refractivity contribution is 4.80.